The Hall–Kier alpha value is -2.90. The van der Waals surface area contributed by atoms with E-state index >= 15 is 0 Å². The van der Waals surface area contributed by atoms with E-state index in [0.29, 0.717) is 18.7 Å². The molecular weight excluding hydrogens is 274 g/mol. The predicted octanol–water partition coefficient (Wildman–Crippen LogP) is 1.33. The molecule has 0 fully saturated rings. The summed E-state index contributed by atoms with van der Waals surface area (Å²) in [5, 5.41) is 16.5. The number of amides is 1. The van der Waals surface area contributed by atoms with Crippen LogP contribution in [0, 0.1) is 10.1 Å². The highest BCUT2D eigenvalue weighted by molar-refractivity contribution is 5.95. The number of carbonyl (C=O) groups is 1. The second-order valence-corrected chi connectivity index (χ2v) is 4.32. The normalized spacial score (nSPS) is 10.1. The average Bonchev–Trinajstić information content (AvgIpc) is 2.99. The zero-order chi connectivity index (χ0) is 15.2. The summed E-state index contributed by atoms with van der Waals surface area (Å²) < 4.78 is 0. The van der Waals surface area contributed by atoms with Crippen molar-refractivity contribution in [2.45, 2.75) is 6.42 Å². The number of hydrogen-bond donors (Lipinski definition) is 3. The lowest BCUT2D eigenvalue weighted by Crippen LogP contribution is -2.18. The van der Waals surface area contributed by atoms with E-state index in [4.69, 9.17) is 0 Å². The van der Waals surface area contributed by atoms with Gasteiger partial charge in [0.25, 0.3) is 11.6 Å². The highest BCUT2D eigenvalue weighted by atomic mass is 16.6. The molecule has 8 heteroatoms. The number of hydrogen-bond acceptors (Lipinski definition) is 5. The number of H-pyrrole nitrogens is 1. The third-order valence-electron chi connectivity index (χ3n) is 2.95. The van der Waals surface area contributed by atoms with Crippen LogP contribution in [-0.2, 0) is 6.42 Å². The molecule has 0 unspecified atom stereocenters. The molecule has 0 aliphatic heterocycles. The summed E-state index contributed by atoms with van der Waals surface area (Å²) in [6, 6.07) is 4.34. The van der Waals surface area contributed by atoms with Gasteiger partial charge in [-0.15, -0.1) is 0 Å². The maximum Gasteiger partial charge on any atom is 0.293 e. The Balaban J connectivity index is 2.11. The number of imidazole rings is 1. The van der Waals surface area contributed by atoms with Gasteiger partial charge in [-0.1, -0.05) is 0 Å². The first-order valence-electron chi connectivity index (χ1n) is 6.33. The van der Waals surface area contributed by atoms with Crippen LogP contribution >= 0.6 is 0 Å². The maximum absolute atomic E-state index is 11.5. The van der Waals surface area contributed by atoms with Gasteiger partial charge in [-0.2, -0.15) is 0 Å². The third kappa shape index (κ3) is 3.56. The molecule has 8 nitrogen and oxygen atoms in total. The fourth-order valence-electron chi connectivity index (χ4n) is 1.87. The number of carbonyl (C=O) groups excluding carboxylic acids is 1. The van der Waals surface area contributed by atoms with Gasteiger partial charge in [0.15, 0.2) is 0 Å². The van der Waals surface area contributed by atoms with E-state index < -0.39 is 4.92 Å². The van der Waals surface area contributed by atoms with Crippen LogP contribution in [0.2, 0.25) is 0 Å². The van der Waals surface area contributed by atoms with Crippen molar-refractivity contribution < 1.29 is 9.72 Å². The van der Waals surface area contributed by atoms with Gasteiger partial charge in [0, 0.05) is 43.5 Å². The van der Waals surface area contributed by atoms with Crippen molar-refractivity contribution >= 4 is 17.3 Å². The Labute approximate surface area is 120 Å². The van der Waals surface area contributed by atoms with Gasteiger partial charge in [0.1, 0.15) is 5.69 Å². The molecule has 1 aromatic heterocycles. The van der Waals surface area contributed by atoms with Crippen LogP contribution < -0.4 is 10.6 Å². The SMILES string of the molecule is CNC(=O)c1ccc(NCCc2cnc[nH]2)c([N+](=O)[O-])c1. The van der Waals surface area contributed by atoms with E-state index in [0.717, 1.165) is 5.69 Å². The molecule has 21 heavy (non-hydrogen) atoms. The van der Waals surface area contributed by atoms with Crippen molar-refractivity contribution in [2.24, 2.45) is 0 Å². The van der Waals surface area contributed by atoms with Crippen LogP contribution in [0.1, 0.15) is 16.1 Å². The summed E-state index contributed by atoms with van der Waals surface area (Å²) in [7, 11) is 1.48. The molecule has 110 valence electrons. The van der Waals surface area contributed by atoms with Crippen LogP contribution in [0.15, 0.2) is 30.7 Å². The first-order chi connectivity index (χ1) is 10.1. The number of nitro benzene ring substituents is 1. The molecule has 0 saturated carbocycles. The summed E-state index contributed by atoms with van der Waals surface area (Å²) in [5.41, 5.74) is 1.45. The number of aromatic nitrogens is 2. The van der Waals surface area contributed by atoms with Crippen LogP contribution in [0.3, 0.4) is 0 Å². The number of nitro groups is 1. The summed E-state index contributed by atoms with van der Waals surface area (Å²) in [5.74, 6) is -0.359. The molecule has 0 aliphatic carbocycles. The van der Waals surface area contributed by atoms with Crippen LogP contribution in [-0.4, -0.2) is 34.4 Å². The van der Waals surface area contributed by atoms with E-state index in [1.165, 1.54) is 19.2 Å². The van der Waals surface area contributed by atoms with E-state index in [1.54, 1.807) is 18.6 Å². The molecule has 0 radical (unpaired) electrons. The quantitative estimate of drug-likeness (QED) is 0.548. The van der Waals surface area contributed by atoms with Gasteiger partial charge >= 0.3 is 0 Å². The monoisotopic (exact) mass is 289 g/mol. The van der Waals surface area contributed by atoms with E-state index in [-0.39, 0.29) is 17.2 Å². The number of nitrogens with zero attached hydrogens (tertiary/aromatic N) is 2. The maximum atomic E-state index is 11.5. The lowest BCUT2D eigenvalue weighted by Gasteiger charge is -2.08. The van der Waals surface area contributed by atoms with E-state index in [9.17, 15) is 14.9 Å². The van der Waals surface area contributed by atoms with Crippen molar-refractivity contribution in [3.8, 4) is 0 Å². The van der Waals surface area contributed by atoms with Crippen LogP contribution in [0.25, 0.3) is 0 Å². The molecule has 0 atom stereocenters. The van der Waals surface area contributed by atoms with Crippen molar-refractivity contribution in [2.75, 3.05) is 18.9 Å². The number of rotatable bonds is 6. The zero-order valence-corrected chi connectivity index (χ0v) is 11.4. The largest absolute Gasteiger partial charge is 0.379 e. The number of benzene rings is 1. The highest BCUT2D eigenvalue weighted by Crippen LogP contribution is 2.25. The van der Waals surface area contributed by atoms with Gasteiger partial charge < -0.3 is 15.6 Å². The molecule has 1 amide bonds. The van der Waals surface area contributed by atoms with Crippen molar-refractivity contribution in [1.29, 1.82) is 0 Å². The third-order valence-corrected chi connectivity index (χ3v) is 2.95. The average molecular weight is 289 g/mol. The van der Waals surface area contributed by atoms with Gasteiger partial charge in [-0.05, 0) is 12.1 Å². The molecule has 1 heterocycles. The Morgan fingerprint density at radius 3 is 2.90 bits per heavy atom. The Morgan fingerprint density at radius 1 is 1.48 bits per heavy atom. The topological polar surface area (TPSA) is 113 Å². The minimum absolute atomic E-state index is 0.124. The summed E-state index contributed by atoms with van der Waals surface area (Å²) in [6.07, 6.45) is 3.94. The Kier molecular flexibility index (Phi) is 4.50. The highest BCUT2D eigenvalue weighted by Gasteiger charge is 2.16. The lowest BCUT2D eigenvalue weighted by atomic mass is 10.1. The first kappa shape index (κ1) is 14.5. The van der Waals surface area contributed by atoms with Crippen molar-refractivity contribution in [3.05, 3.63) is 52.1 Å². The standard InChI is InChI=1S/C13H15N5O3/c1-14-13(19)9-2-3-11(12(6-9)18(20)21)16-5-4-10-7-15-8-17-10/h2-3,6-8,16H,4-5H2,1H3,(H,14,19)(H,15,17). The molecule has 0 spiro atoms. The second kappa shape index (κ2) is 6.51. The first-order valence-corrected chi connectivity index (χ1v) is 6.33. The minimum atomic E-state index is -0.509. The molecule has 0 saturated heterocycles. The van der Waals surface area contributed by atoms with Crippen molar-refractivity contribution in [1.82, 2.24) is 15.3 Å². The van der Waals surface area contributed by atoms with E-state index in [1.807, 2.05) is 0 Å². The number of anilines is 1. The molecule has 1 aromatic carbocycles. The zero-order valence-electron chi connectivity index (χ0n) is 11.4. The van der Waals surface area contributed by atoms with Gasteiger partial charge in [-0.25, -0.2) is 4.98 Å². The minimum Gasteiger partial charge on any atom is -0.379 e. The van der Waals surface area contributed by atoms with Crippen molar-refractivity contribution in [3.63, 3.8) is 0 Å². The van der Waals surface area contributed by atoms with Crippen LogP contribution in [0.4, 0.5) is 11.4 Å². The molecule has 2 aromatic rings. The van der Waals surface area contributed by atoms with Gasteiger partial charge in [-0.3, -0.25) is 14.9 Å². The summed E-state index contributed by atoms with van der Waals surface area (Å²) >= 11 is 0. The molecular formula is C13H15N5O3. The Morgan fingerprint density at radius 2 is 2.29 bits per heavy atom. The lowest BCUT2D eigenvalue weighted by molar-refractivity contribution is -0.384. The van der Waals surface area contributed by atoms with E-state index in [2.05, 4.69) is 20.6 Å². The van der Waals surface area contributed by atoms with Crippen LogP contribution in [0.5, 0.6) is 0 Å². The van der Waals surface area contributed by atoms with Gasteiger partial charge in [0.05, 0.1) is 11.3 Å². The summed E-state index contributed by atoms with van der Waals surface area (Å²) in [6.45, 7) is 0.516. The summed E-state index contributed by atoms with van der Waals surface area (Å²) in [4.78, 5) is 28.9. The fourth-order valence-corrected chi connectivity index (χ4v) is 1.87. The molecule has 0 aliphatic rings. The molecule has 0 bridgehead atoms. The van der Waals surface area contributed by atoms with Gasteiger partial charge in [0.2, 0.25) is 0 Å². The Bertz CT molecular complexity index is 639. The number of aromatic amines is 1. The second-order valence-electron chi connectivity index (χ2n) is 4.32. The molecule has 3 N–H and O–H groups in total. The predicted molar refractivity (Wildman–Crippen MR) is 77.3 cm³/mol. The fraction of sp³-hybridized carbons (Fsp3) is 0.231. The molecule has 2 rings (SSSR count). The number of nitrogens with one attached hydrogen (secondary N) is 3. The smallest absolute Gasteiger partial charge is 0.293 e.